The normalized spacial score (nSPS) is 11.4. The fourth-order valence-electron chi connectivity index (χ4n) is 3.33. The zero-order chi connectivity index (χ0) is 19.5. The van der Waals surface area contributed by atoms with Crippen LogP contribution < -0.4 is 5.32 Å². The van der Waals surface area contributed by atoms with E-state index in [-0.39, 0.29) is 5.91 Å². The van der Waals surface area contributed by atoms with Crippen LogP contribution in [0.3, 0.4) is 0 Å². The summed E-state index contributed by atoms with van der Waals surface area (Å²) in [6.07, 6.45) is 5.28. The third-order valence-electron chi connectivity index (χ3n) is 4.70. The van der Waals surface area contributed by atoms with Gasteiger partial charge in [0.15, 0.2) is 11.5 Å². The first-order valence-corrected chi connectivity index (χ1v) is 9.12. The minimum Gasteiger partial charge on any atom is -0.345 e. The topological polar surface area (TPSA) is 64.2 Å². The van der Waals surface area contributed by atoms with Crippen LogP contribution in [-0.2, 0) is 11.3 Å². The van der Waals surface area contributed by atoms with Crippen molar-refractivity contribution in [2.45, 2.75) is 20.4 Å². The number of benzene rings is 1. The Labute approximate surface area is 163 Å². The molecule has 140 valence electrons. The number of nitrogens with one attached hydrogen (secondary N) is 1. The third kappa shape index (κ3) is 3.44. The van der Waals surface area contributed by atoms with Gasteiger partial charge < -0.3 is 9.88 Å². The van der Waals surface area contributed by atoms with Crippen molar-refractivity contribution in [2.24, 2.45) is 0 Å². The molecule has 0 saturated carbocycles. The van der Waals surface area contributed by atoms with Gasteiger partial charge >= 0.3 is 0 Å². The highest BCUT2D eigenvalue weighted by Crippen LogP contribution is 2.21. The number of pyridine rings is 1. The average molecular weight is 371 g/mol. The molecule has 0 aliphatic heterocycles. The van der Waals surface area contributed by atoms with E-state index in [2.05, 4.69) is 52.1 Å². The molecule has 0 unspecified atom stereocenters. The predicted molar refractivity (Wildman–Crippen MR) is 109 cm³/mol. The third-order valence-corrected chi connectivity index (χ3v) is 4.70. The van der Waals surface area contributed by atoms with Crippen molar-refractivity contribution in [3.63, 3.8) is 0 Å². The summed E-state index contributed by atoms with van der Waals surface area (Å²) in [4.78, 5) is 12.3. The zero-order valence-electron chi connectivity index (χ0n) is 15.8. The van der Waals surface area contributed by atoms with Crippen LogP contribution in [0.1, 0.15) is 22.8 Å². The van der Waals surface area contributed by atoms with E-state index in [1.54, 1.807) is 6.08 Å². The van der Waals surface area contributed by atoms with Crippen molar-refractivity contribution in [1.29, 1.82) is 0 Å². The maximum absolute atomic E-state index is 12.3. The van der Waals surface area contributed by atoms with E-state index in [1.165, 1.54) is 0 Å². The number of carbonyl (C=O) groups excluding carboxylic acids is 1. The number of carbonyl (C=O) groups is 1. The van der Waals surface area contributed by atoms with Crippen LogP contribution in [-0.4, -0.2) is 25.1 Å². The highest BCUT2D eigenvalue weighted by atomic mass is 16.1. The standard InChI is InChI=1S/C22H21N5O/c1-16-14-18(17(2)27(16)19-8-4-3-5-9-19)11-12-22(28)23-15-21-25-24-20-10-6-7-13-26(20)21/h3-14H,15H2,1-2H3,(H,23,28)/b12-11+. The molecule has 0 aliphatic carbocycles. The molecule has 3 heterocycles. The first-order valence-electron chi connectivity index (χ1n) is 9.12. The predicted octanol–water partition coefficient (Wildman–Crippen LogP) is 3.47. The van der Waals surface area contributed by atoms with Gasteiger partial charge in [0.2, 0.25) is 5.91 Å². The number of amides is 1. The maximum atomic E-state index is 12.3. The highest BCUT2D eigenvalue weighted by Gasteiger charge is 2.09. The van der Waals surface area contributed by atoms with Gasteiger partial charge in [0.05, 0.1) is 6.54 Å². The van der Waals surface area contributed by atoms with Crippen LogP contribution in [0.2, 0.25) is 0 Å². The van der Waals surface area contributed by atoms with Crippen LogP contribution in [0, 0.1) is 13.8 Å². The lowest BCUT2D eigenvalue weighted by Crippen LogP contribution is -2.21. The van der Waals surface area contributed by atoms with E-state index in [0.29, 0.717) is 12.4 Å². The summed E-state index contributed by atoms with van der Waals surface area (Å²) < 4.78 is 4.04. The average Bonchev–Trinajstić information content (AvgIpc) is 3.25. The van der Waals surface area contributed by atoms with Crippen LogP contribution in [0.4, 0.5) is 0 Å². The van der Waals surface area contributed by atoms with Gasteiger partial charge in [0.1, 0.15) is 0 Å². The molecular formula is C22H21N5O. The lowest BCUT2D eigenvalue weighted by molar-refractivity contribution is -0.116. The molecule has 3 aromatic heterocycles. The van der Waals surface area contributed by atoms with Gasteiger partial charge in [-0.3, -0.25) is 9.20 Å². The number of nitrogens with zero attached hydrogens (tertiary/aromatic N) is 4. The van der Waals surface area contributed by atoms with Crippen LogP contribution in [0.5, 0.6) is 0 Å². The van der Waals surface area contributed by atoms with Gasteiger partial charge in [-0.2, -0.15) is 0 Å². The van der Waals surface area contributed by atoms with Gasteiger partial charge in [-0.1, -0.05) is 24.3 Å². The molecule has 4 aromatic rings. The second-order valence-electron chi connectivity index (χ2n) is 6.59. The number of para-hydroxylation sites is 1. The Balaban J connectivity index is 1.46. The monoisotopic (exact) mass is 371 g/mol. The summed E-state index contributed by atoms with van der Waals surface area (Å²) in [5.74, 6) is 0.525. The number of fused-ring (bicyclic) bond motifs is 1. The van der Waals surface area contributed by atoms with Crippen molar-refractivity contribution in [3.8, 4) is 5.69 Å². The van der Waals surface area contributed by atoms with Crippen LogP contribution in [0.25, 0.3) is 17.4 Å². The molecule has 1 amide bonds. The zero-order valence-corrected chi connectivity index (χ0v) is 15.8. The molecule has 0 fully saturated rings. The molecule has 1 N–H and O–H groups in total. The summed E-state index contributed by atoms with van der Waals surface area (Å²) in [6, 6.07) is 18.0. The second-order valence-corrected chi connectivity index (χ2v) is 6.59. The molecule has 4 rings (SSSR count). The van der Waals surface area contributed by atoms with Crippen LogP contribution in [0.15, 0.2) is 66.9 Å². The number of hydrogen-bond donors (Lipinski definition) is 1. The summed E-state index contributed by atoms with van der Waals surface area (Å²) in [6.45, 7) is 4.44. The van der Waals surface area contributed by atoms with E-state index in [0.717, 1.165) is 28.3 Å². The Hall–Kier alpha value is -3.67. The van der Waals surface area contributed by atoms with Crippen molar-refractivity contribution >= 4 is 17.6 Å². The molecule has 0 bridgehead atoms. The summed E-state index contributed by atoms with van der Waals surface area (Å²) in [5.41, 5.74) is 5.11. The van der Waals surface area contributed by atoms with Gasteiger partial charge in [-0.05, 0) is 55.8 Å². The van der Waals surface area contributed by atoms with Gasteiger partial charge in [-0.15, -0.1) is 10.2 Å². The quantitative estimate of drug-likeness (QED) is 0.547. The Morgan fingerprint density at radius 3 is 2.68 bits per heavy atom. The van der Waals surface area contributed by atoms with Gasteiger partial charge in [0, 0.05) is 29.3 Å². The van der Waals surface area contributed by atoms with E-state index in [9.17, 15) is 4.79 Å². The molecular weight excluding hydrogens is 350 g/mol. The molecule has 6 heteroatoms. The largest absolute Gasteiger partial charge is 0.345 e. The minimum absolute atomic E-state index is 0.169. The second kappa shape index (κ2) is 7.52. The molecule has 0 atom stereocenters. The molecule has 0 spiro atoms. The van der Waals surface area contributed by atoms with Crippen molar-refractivity contribution in [3.05, 3.63) is 89.6 Å². The molecule has 6 nitrogen and oxygen atoms in total. The minimum atomic E-state index is -0.169. The van der Waals surface area contributed by atoms with Crippen molar-refractivity contribution in [1.82, 2.24) is 24.5 Å². The number of aromatic nitrogens is 4. The fourth-order valence-corrected chi connectivity index (χ4v) is 3.33. The molecule has 1 aromatic carbocycles. The highest BCUT2D eigenvalue weighted by molar-refractivity contribution is 5.91. The first-order chi connectivity index (χ1) is 13.6. The smallest absolute Gasteiger partial charge is 0.244 e. The molecule has 0 radical (unpaired) electrons. The van der Waals surface area contributed by atoms with Gasteiger partial charge in [0.25, 0.3) is 0 Å². The summed E-state index contributed by atoms with van der Waals surface area (Å²) in [7, 11) is 0. The van der Waals surface area contributed by atoms with Crippen LogP contribution >= 0.6 is 0 Å². The van der Waals surface area contributed by atoms with E-state index in [4.69, 9.17) is 0 Å². The Kier molecular flexibility index (Phi) is 4.76. The Morgan fingerprint density at radius 2 is 1.86 bits per heavy atom. The summed E-state index contributed by atoms with van der Waals surface area (Å²) >= 11 is 0. The molecule has 0 aliphatic rings. The molecule has 0 saturated heterocycles. The van der Waals surface area contributed by atoms with E-state index < -0.39 is 0 Å². The number of rotatable bonds is 5. The number of hydrogen-bond acceptors (Lipinski definition) is 3. The summed E-state index contributed by atoms with van der Waals surface area (Å²) in [5, 5.41) is 11.1. The Bertz CT molecular complexity index is 1150. The lowest BCUT2D eigenvalue weighted by atomic mass is 10.2. The SMILES string of the molecule is Cc1cc(/C=C/C(=O)NCc2nnc3ccccn23)c(C)n1-c1ccccc1. The fraction of sp³-hybridized carbons (Fsp3) is 0.136. The van der Waals surface area contributed by atoms with E-state index in [1.807, 2.05) is 53.1 Å². The van der Waals surface area contributed by atoms with Crippen molar-refractivity contribution < 1.29 is 4.79 Å². The Morgan fingerprint density at radius 1 is 1.07 bits per heavy atom. The first kappa shape index (κ1) is 17.7. The lowest BCUT2D eigenvalue weighted by Gasteiger charge is -2.09. The van der Waals surface area contributed by atoms with E-state index >= 15 is 0 Å². The molecule has 28 heavy (non-hydrogen) atoms. The van der Waals surface area contributed by atoms with Gasteiger partial charge in [-0.25, -0.2) is 0 Å². The maximum Gasteiger partial charge on any atom is 0.244 e. The van der Waals surface area contributed by atoms with Crippen molar-refractivity contribution in [2.75, 3.05) is 0 Å². The number of aryl methyl sites for hydroxylation is 1.